The maximum Gasteiger partial charge on any atom is 0.255 e. The quantitative estimate of drug-likeness (QED) is 0.365. The fourth-order valence-corrected chi connectivity index (χ4v) is 3.94. The summed E-state index contributed by atoms with van der Waals surface area (Å²) in [6, 6.07) is 28.9. The first-order valence-electron chi connectivity index (χ1n) is 9.96. The van der Waals surface area contributed by atoms with Crippen molar-refractivity contribution in [3.05, 3.63) is 102 Å². The lowest BCUT2D eigenvalue weighted by atomic mass is 10.1. The van der Waals surface area contributed by atoms with E-state index in [1.807, 2.05) is 91.9 Å². The van der Waals surface area contributed by atoms with Gasteiger partial charge in [0.05, 0.1) is 5.75 Å². The van der Waals surface area contributed by atoms with Gasteiger partial charge in [0.1, 0.15) is 0 Å². The highest BCUT2D eigenvalue weighted by atomic mass is 32.2. The van der Waals surface area contributed by atoms with Crippen LogP contribution in [0.15, 0.2) is 95.9 Å². The van der Waals surface area contributed by atoms with Gasteiger partial charge in [0.2, 0.25) is 5.91 Å². The van der Waals surface area contributed by atoms with Crippen LogP contribution in [0.25, 0.3) is 10.8 Å². The van der Waals surface area contributed by atoms with Crippen molar-refractivity contribution in [3.8, 4) is 0 Å². The minimum absolute atomic E-state index is 0.0582. The van der Waals surface area contributed by atoms with Gasteiger partial charge >= 0.3 is 0 Å². The molecule has 0 unspecified atom stereocenters. The lowest BCUT2D eigenvalue weighted by molar-refractivity contribution is -0.113. The van der Waals surface area contributed by atoms with Gasteiger partial charge in [-0.25, -0.2) is 0 Å². The van der Waals surface area contributed by atoms with Crippen molar-refractivity contribution in [2.75, 3.05) is 16.4 Å². The van der Waals surface area contributed by atoms with Crippen LogP contribution >= 0.6 is 11.8 Å². The van der Waals surface area contributed by atoms with E-state index < -0.39 is 0 Å². The zero-order valence-corrected chi connectivity index (χ0v) is 17.9. The summed E-state index contributed by atoms with van der Waals surface area (Å²) in [5.74, 6) is 0.109. The molecular formula is C26H22N2O2S. The van der Waals surface area contributed by atoms with E-state index in [2.05, 4.69) is 10.6 Å². The van der Waals surface area contributed by atoms with Crippen LogP contribution in [0, 0.1) is 6.92 Å². The van der Waals surface area contributed by atoms with E-state index in [-0.39, 0.29) is 11.8 Å². The lowest BCUT2D eigenvalue weighted by Gasteiger charge is -2.08. The molecule has 0 bridgehead atoms. The Labute approximate surface area is 185 Å². The molecule has 0 aliphatic heterocycles. The smallest absolute Gasteiger partial charge is 0.255 e. The van der Waals surface area contributed by atoms with Crippen LogP contribution in [0.2, 0.25) is 0 Å². The van der Waals surface area contributed by atoms with E-state index in [0.717, 1.165) is 32.6 Å². The molecular weight excluding hydrogens is 404 g/mol. The fraction of sp³-hybridized carbons (Fsp3) is 0.0769. The van der Waals surface area contributed by atoms with Crippen LogP contribution in [0.4, 0.5) is 11.4 Å². The molecule has 4 nitrogen and oxygen atoms in total. The number of hydrogen-bond acceptors (Lipinski definition) is 3. The molecule has 0 saturated heterocycles. The van der Waals surface area contributed by atoms with Gasteiger partial charge in [0.15, 0.2) is 0 Å². The first-order valence-corrected chi connectivity index (χ1v) is 10.9. The molecule has 0 aromatic heterocycles. The summed E-state index contributed by atoms with van der Waals surface area (Å²) in [5, 5.41) is 8.08. The zero-order chi connectivity index (χ0) is 21.6. The molecule has 0 aliphatic rings. The van der Waals surface area contributed by atoms with Gasteiger partial charge in [0, 0.05) is 21.8 Å². The Hall–Kier alpha value is -3.57. The van der Waals surface area contributed by atoms with Crippen LogP contribution < -0.4 is 10.6 Å². The number of fused-ring (bicyclic) bond motifs is 1. The van der Waals surface area contributed by atoms with Crippen LogP contribution in [0.3, 0.4) is 0 Å². The average molecular weight is 427 g/mol. The molecule has 2 amide bonds. The van der Waals surface area contributed by atoms with Gasteiger partial charge in [-0.2, -0.15) is 0 Å². The number of amides is 2. The Balaban J connectivity index is 1.30. The Kier molecular flexibility index (Phi) is 6.34. The summed E-state index contributed by atoms with van der Waals surface area (Å²) >= 11 is 1.45. The Morgan fingerprint density at radius 2 is 1.48 bits per heavy atom. The predicted molar refractivity (Wildman–Crippen MR) is 129 cm³/mol. The zero-order valence-electron chi connectivity index (χ0n) is 17.1. The van der Waals surface area contributed by atoms with Gasteiger partial charge < -0.3 is 10.6 Å². The standard InChI is InChI=1S/C26H22N2O2S/c1-18-5-4-8-21(15-18)26(30)28-22-11-13-24(14-12-22)31-17-25(29)27-23-10-9-19-6-2-3-7-20(19)16-23/h2-16H,17H2,1H3,(H,27,29)(H,28,30). The number of anilines is 2. The van der Waals surface area contributed by atoms with Crippen molar-refractivity contribution < 1.29 is 9.59 Å². The Morgan fingerprint density at radius 3 is 2.26 bits per heavy atom. The average Bonchev–Trinajstić information content (AvgIpc) is 2.78. The molecule has 5 heteroatoms. The fourth-order valence-electron chi connectivity index (χ4n) is 3.24. The largest absolute Gasteiger partial charge is 0.325 e. The van der Waals surface area contributed by atoms with Crippen molar-refractivity contribution in [1.82, 2.24) is 0 Å². The van der Waals surface area contributed by atoms with Crippen molar-refractivity contribution in [2.45, 2.75) is 11.8 Å². The van der Waals surface area contributed by atoms with Crippen LogP contribution in [0.1, 0.15) is 15.9 Å². The summed E-state index contributed by atoms with van der Waals surface area (Å²) in [4.78, 5) is 25.6. The first kappa shape index (κ1) is 20.7. The summed E-state index contributed by atoms with van der Waals surface area (Å²) in [7, 11) is 0. The number of carbonyl (C=O) groups is 2. The van der Waals surface area contributed by atoms with Crippen molar-refractivity contribution in [1.29, 1.82) is 0 Å². The molecule has 4 rings (SSSR count). The highest BCUT2D eigenvalue weighted by Gasteiger charge is 2.07. The van der Waals surface area contributed by atoms with Crippen LogP contribution in [-0.4, -0.2) is 17.6 Å². The molecule has 0 atom stereocenters. The third kappa shape index (κ3) is 5.53. The molecule has 0 aliphatic carbocycles. The third-order valence-electron chi connectivity index (χ3n) is 4.80. The molecule has 31 heavy (non-hydrogen) atoms. The number of thioether (sulfide) groups is 1. The molecule has 154 valence electrons. The monoisotopic (exact) mass is 426 g/mol. The second-order valence-electron chi connectivity index (χ2n) is 7.25. The number of nitrogens with one attached hydrogen (secondary N) is 2. The normalized spacial score (nSPS) is 10.6. The molecule has 4 aromatic rings. The van der Waals surface area contributed by atoms with Gasteiger partial charge in [-0.15, -0.1) is 11.8 Å². The van der Waals surface area contributed by atoms with E-state index in [1.165, 1.54) is 11.8 Å². The molecule has 4 aromatic carbocycles. The van der Waals surface area contributed by atoms with E-state index in [1.54, 1.807) is 6.07 Å². The number of rotatable bonds is 6. The van der Waals surface area contributed by atoms with Crippen molar-refractivity contribution in [3.63, 3.8) is 0 Å². The van der Waals surface area contributed by atoms with Crippen LogP contribution in [-0.2, 0) is 4.79 Å². The minimum atomic E-state index is -0.140. The SMILES string of the molecule is Cc1cccc(C(=O)Nc2ccc(SCC(=O)Nc3ccc4ccccc4c3)cc2)c1. The summed E-state index contributed by atoms with van der Waals surface area (Å²) < 4.78 is 0. The number of hydrogen-bond donors (Lipinski definition) is 2. The van der Waals surface area contributed by atoms with E-state index >= 15 is 0 Å². The summed E-state index contributed by atoms with van der Waals surface area (Å²) in [6.07, 6.45) is 0. The predicted octanol–water partition coefficient (Wildman–Crippen LogP) is 6.13. The highest BCUT2D eigenvalue weighted by molar-refractivity contribution is 8.00. The summed E-state index contributed by atoms with van der Waals surface area (Å²) in [6.45, 7) is 1.96. The number of aryl methyl sites for hydroxylation is 1. The molecule has 0 fully saturated rings. The van der Waals surface area contributed by atoms with Gasteiger partial charge in [-0.05, 0) is 66.2 Å². The highest BCUT2D eigenvalue weighted by Crippen LogP contribution is 2.22. The Bertz CT molecular complexity index is 1240. The summed E-state index contributed by atoms with van der Waals surface area (Å²) in [5.41, 5.74) is 3.18. The third-order valence-corrected chi connectivity index (χ3v) is 5.81. The van der Waals surface area contributed by atoms with Gasteiger partial charge in [0.25, 0.3) is 5.91 Å². The molecule has 0 heterocycles. The van der Waals surface area contributed by atoms with Crippen LogP contribution in [0.5, 0.6) is 0 Å². The maximum atomic E-state index is 12.4. The minimum Gasteiger partial charge on any atom is -0.325 e. The number of benzene rings is 4. The van der Waals surface area contributed by atoms with E-state index in [4.69, 9.17) is 0 Å². The first-order chi connectivity index (χ1) is 15.1. The lowest BCUT2D eigenvalue weighted by Crippen LogP contribution is -2.14. The number of carbonyl (C=O) groups excluding carboxylic acids is 2. The van der Waals surface area contributed by atoms with Crippen molar-refractivity contribution >= 4 is 45.7 Å². The van der Waals surface area contributed by atoms with E-state index in [0.29, 0.717) is 11.3 Å². The second kappa shape index (κ2) is 9.49. The van der Waals surface area contributed by atoms with Gasteiger partial charge in [-0.3, -0.25) is 9.59 Å². The molecule has 0 radical (unpaired) electrons. The van der Waals surface area contributed by atoms with Gasteiger partial charge in [-0.1, -0.05) is 48.0 Å². The molecule has 2 N–H and O–H groups in total. The molecule has 0 spiro atoms. The Morgan fingerprint density at radius 1 is 0.742 bits per heavy atom. The second-order valence-corrected chi connectivity index (χ2v) is 8.30. The van der Waals surface area contributed by atoms with E-state index in [9.17, 15) is 9.59 Å². The van der Waals surface area contributed by atoms with Crippen molar-refractivity contribution in [2.24, 2.45) is 0 Å². The topological polar surface area (TPSA) is 58.2 Å². The maximum absolute atomic E-state index is 12.4. The molecule has 0 saturated carbocycles.